The molecular weight excluding hydrogens is 527 g/mol. The van der Waals surface area contributed by atoms with E-state index >= 15 is 4.39 Å². The van der Waals surface area contributed by atoms with Gasteiger partial charge in [-0.15, -0.1) is 0 Å². The average molecular weight is 557 g/mol. The summed E-state index contributed by atoms with van der Waals surface area (Å²) in [6.45, 7) is 1.13. The molecule has 0 bridgehead atoms. The topological polar surface area (TPSA) is 145 Å². The van der Waals surface area contributed by atoms with Gasteiger partial charge in [0.25, 0.3) is 6.47 Å². The summed E-state index contributed by atoms with van der Waals surface area (Å²) in [7, 11) is 0.0420. The van der Waals surface area contributed by atoms with E-state index in [2.05, 4.69) is 20.0 Å². The third kappa shape index (κ3) is 4.44. The van der Waals surface area contributed by atoms with Crippen molar-refractivity contribution in [2.75, 3.05) is 48.0 Å². The number of aromatic nitrogens is 2. The second-order valence-corrected chi connectivity index (χ2v) is 11.9. The Morgan fingerprint density at radius 1 is 1.18 bits per heavy atom. The number of pyridine rings is 2. The van der Waals surface area contributed by atoms with Crippen molar-refractivity contribution in [3.05, 3.63) is 42.0 Å². The number of benzene rings is 1. The van der Waals surface area contributed by atoms with Gasteiger partial charge in [-0.3, -0.25) is 19.3 Å². The molecule has 1 amide bonds. The number of carbonyl (C=O) groups is 2. The highest BCUT2D eigenvalue weighted by Gasteiger charge is 2.54. The second-order valence-electron chi connectivity index (χ2n) is 10.1. The van der Waals surface area contributed by atoms with Crippen molar-refractivity contribution in [2.24, 2.45) is 0 Å². The molecule has 0 radical (unpaired) electrons. The highest BCUT2D eigenvalue weighted by atomic mass is 32.2. The van der Waals surface area contributed by atoms with Crippen LogP contribution in [0.5, 0.6) is 0 Å². The Balaban J connectivity index is 0.000000983. The van der Waals surface area contributed by atoms with Crippen LogP contribution in [-0.4, -0.2) is 75.4 Å². The second kappa shape index (κ2) is 9.72. The molecule has 3 aromatic rings. The number of hydrogen-bond donors (Lipinski definition) is 3. The van der Waals surface area contributed by atoms with E-state index in [1.807, 2.05) is 11.9 Å². The van der Waals surface area contributed by atoms with Gasteiger partial charge in [0.05, 0.1) is 34.8 Å². The van der Waals surface area contributed by atoms with E-state index in [-0.39, 0.29) is 17.9 Å². The van der Waals surface area contributed by atoms with Crippen molar-refractivity contribution in [1.29, 1.82) is 0 Å². The third-order valence-electron chi connectivity index (χ3n) is 7.76. The van der Waals surface area contributed by atoms with E-state index in [1.54, 1.807) is 36.5 Å². The predicted molar refractivity (Wildman–Crippen MR) is 146 cm³/mol. The lowest BCUT2D eigenvalue weighted by molar-refractivity contribution is -0.125. The van der Waals surface area contributed by atoms with Crippen LogP contribution in [-0.2, 0) is 25.0 Å². The molecule has 2 fully saturated rings. The molecule has 13 heteroatoms. The summed E-state index contributed by atoms with van der Waals surface area (Å²) >= 11 is 0. The summed E-state index contributed by atoms with van der Waals surface area (Å²) in [6.07, 6.45) is 6.78. The first-order valence-electron chi connectivity index (χ1n) is 12.4. The number of anilines is 3. The first-order valence-corrected chi connectivity index (χ1v) is 14.3. The molecule has 1 spiro atoms. The van der Waals surface area contributed by atoms with Crippen molar-refractivity contribution in [2.45, 2.75) is 30.7 Å². The van der Waals surface area contributed by atoms with Crippen LogP contribution in [0, 0.1) is 5.82 Å². The Bertz CT molecular complexity index is 1590. The summed E-state index contributed by atoms with van der Waals surface area (Å²) in [5.41, 5.74) is 2.59. The highest BCUT2D eigenvalue weighted by molar-refractivity contribution is 7.92. The number of nitrogens with zero attached hydrogens (tertiary/aromatic N) is 4. The molecule has 1 aliphatic carbocycles. The van der Waals surface area contributed by atoms with Gasteiger partial charge in [-0.1, -0.05) is 6.42 Å². The lowest BCUT2D eigenvalue weighted by atomic mass is 9.64. The number of sulfonamides is 1. The molecule has 0 atom stereocenters. The molecular formula is C26H29FN6O5S. The van der Waals surface area contributed by atoms with Gasteiger partial charge in [0.15, 0.2) is 5.82 Å². The number of fused-ring (bicyclic) bond motifs is 4. The molecule has 39 heavy (non-hydrogen) atoms. The number of carbonyl (C=O) groups excluding carboxylic acids is 1. The Morgan fingerprint density at radius 3 is 2.46 bits per heavy atom. The van der Waals surface area contributed by atoms with Crippen molar-refractivity contribution in [1.82, 2.24) is 15.3 Å². The van der Waals surface area contributed by atoms with Gasteiger partial charge >= 0.3 is 0 Å². The molecule has 2 aliphatic heterocycles. The quantitative estimate of drug-likeness (QED) is 0.403. The van der Waals surface area contributed by atoms with Gasteiger partial charge in [-0.2, -0.15) is 0 Å². The van der Waals surface area contributed by atoms with E-state index in [1.165, 1.54) is 6.07 Å². The molecule has 3 aliphatic rings. The van der Waals surface area contributed by atoms with Crippen LogP contribution in [0.4, 0.5) is 21.6 Å². The zero-order chi connectivity index (χ0) is 28.1. The summed E-state index contributed by atoms with van der Waals surface area (Å²) in [5.74, 6) is 0.0680. The number of nitrogens with one attached hydrogen (secondary N) is 2. The number of rotatable bonds is 5. The van der Waals surface area contributed by atoms with Gasteiger partial charge in [0.2, 0.25) is 15.9 Å². The first-order chi connectivity index (χ1) is 18.5. The van der Waals surface area contributed by atoms with E-state index < -0.39 is 21.3 Å². The summed E-state index contributed by atoms with van der Waals surface area (Å²) in [6, 6.07) is 5.02. The lowest BCUT2D eigenvalue weighted by Crippen LogP contribution is -2.57. The number of likely N-dealkylation sites (N-methyl/N-ethyl adjacent to an activating group) is 2. The molecule has 3 N–H and O–H groups in total. The van der Waals surface area contributed by atoms with Crippen molar-refractivity contribution in [3.8, 4) is 11.1 Å². The summed E-state index contributed by atoms with van der Waals surface area (Å²) in [4.78, 5) is 34.1. The van der Waals surface area contributed by atoms with Gasteiger partial charge < -0.3 is 20.2 Å². The zero-order valence-electron chi connectivity index (χ0n) is 21.7. The smallest absolute Gasteiger partial charge is 0.290 e. The SMILES string of the molecule is CNC1CN(c2ncc(-c3cc4c5c(cnc4cc3F)N(C)C(=O)C53CCC3)cc2NS(C)(=O)=O)C1.O=CO. The van der Waals surface area contributed by atoms with Crippen LogP contribution in [0.3, 0.4) is 0 Å². The maximum atomic E-state index is 15.4. The van der Waals surface area contributed by atoms with Crippen LogP contribution >= 0.6 is 0 Å². The average Bonchev–Trinajstić information content (AvgIpc) is 3.05. The minimum atomic E-state index is -3.59. The summed E-state index contributed by atoms with van der Waals surface area (Å²) in [5, 5.41) is 10.8. The number of carboxylic acid groups (broad SMARTS) is 1. The predicted octanol–water partition coefficient (Wildman–Crippen LogP) is 2.31. The standard InChI is InChI=1S/C25H27FN6O3S.CH2O2/c1-27-15-12-32(13-15)23-20(30-36(3,34)35)7-14(10-29-23)16-8-17-19(9-18(16)26)28-11-21-22(17)25(5-4-6-25)24(33)31(21)2;2-1-3/h7-11,15,27,30H,4-6,12-13H2,1-3H3;1H,(H,2,3). The number of hydrogen-bond acceptors (Lipinski definition) is 8. The van der Waals surface area contributed by atoms with E-state index in [0.717, 1.165) is 42.2 Å². The van der Waals surface area contributed by atoms with Gasteiger partial charge in [-0.25, -0.2) is 17.8 Å². The van der Waals surface area contributed by atoms with E-state index in [9.17, 15) is 13.2 Å². The minimum Gasteiger partial charge on any atom is -0.483 e. The van der Waals surface area contributed by atoms with Crippen LogP contribution in [0.1, 0.15) is 24.8 Å². The maximum Gasteiger partial charge on any atom is 0.290 e. The van der Waals surface area contributed by atoms with Crippen molar-refractivity contribution >= 4 is 50.5 Å². The normalized spacial score (nSPS) is 17.8. The Morgan fingerprint density at radius 2 is 1.87 bits per heavy atom. The number of halogens is 1. The van der Waals surface area contributed by atoms with Crippen LogP contribution in [0.2, 0.25) is 0 Å². The van der Waals surface area contributed by atoms with Gasteiger partial charge in [0.1, 0.15) is 5.82 Å². The van der Waals surface area contributed by atoms with Gasteiger partial charge in [-0.05, 0) is 32.0 Å². The van der Waals surface area contributed by atoms with E-state index in [0.29, 0.717) is 41.7 Å². The monoisotopic (exact) mass is 556 g/mol. The molecule has 6 rings (SSSR count). The first kappa shape index (κ1) is 26.8. The minimum absolute atomic E-state index is 0.0593. The Labute approximate surface area is 225 Å². The van der Waals surface area contributed by atoms with Crippen LogP contribution in [0.25, 0.3) is 22.0 Å². The fraction of sp³-hybridized carbons (Fsp3) is 0.385. The molecule has 2 aromatic heterocycles. The Kier molecular flexibility index (Phi) is 6.67. The molecule has 1 saturated carbocycles. The fourth-order valence-electron chi connectivity index (χ4n) is 5.68. The van der Waals surface area contributed by atoms with Crippen molar-refractivity contribution in [3.63, 3.8) is 0 Å². The fourth-order valence-corrected chi connectivity index (χ4v) is 6.23. The maximum absolute atomic E-state index is 15.4. The number of amides is 1. The molecule has 206 valence electrons. The van der Waals surface area contributed by atoms with Crippen LogP contribution in [0.15, 0.2) is 30.6 Å². The molecule has 11 nitrogen and oxygen atoms in total. The Hall–Kier alpha value is -3.84. The lowest BCUT2D eigenvalue weighted by Gasteiger charge is -2.40. The molecule has 1 aromatic carbocycles. The third-order valence-corrected chi connectivity index (χ3v) is 8.35. The van der Waals surface area contributed by atoms with Gasteiger partial charge in [0, 0.05) is 60.5 Å². The molecule has 4 heterocycles. The van der Waals surface area contributed by atoms with E-state index in [4.69, 9.17) is 9.90 Å². The molecule has 0 unspecified atom stereocenters. The molecule has 1 saturated heterocycles. The summed E-state index contributed by atoms with van der Waals surface area (Å²) < 4.78 is 42.2. The van der Waals surface area contributed by atoms with Crippen LogP contribution < -0.4 is 19.8 Å². The zero-order valence-corrected chi connectivity index (χ0v) is 22.5. The van der Waals surface area contributed by atoms with Crippen molar-refractivity contribution < 1.29 is 27.5 Å². The largest absolute Gasteiger partial charge is 0.483 e. The highest BCUT2D eigenvalue weighted by Crippen LogP contribution is 2.55.